The maximum Gasteiger partial charge on any atom is 0.142 e. The third-order valence-electron chi connectivity index (χ3n) is 3.62. The van der Waals surface area contributed by atoms with Gasteiger partial charge in [-0.1, -0.05) is 0 Å². The molecule has 2 aromatic heterocycles. The van der Waals surface area contributed by atoms with E-state index in [1.165, 1.54) is 0 Å². The van der Waals surface area contributed by atoms with E-state index in [-0.39, 0.29) is 0 Å². The van der Waals surface area contributed by atoms with E-state index in [0.717, 1.165) is 47.7 Å². The third-order valence-corrected chi connectivity index (χ3v) is 4.23. The van der Waals surface area contributed by atoms with Crippen LogP contribution in [0, 0.1) is 6.92 Å². The summed E-state index contributed by atoms with van der Waals surface area (Å²) in [5, 5.41) is 3.51. The van der Waals surface area contributed by atoms with Gasteiger partial charge in [-0.05, 0) is 47.8 Å². The Bertz CT molecular complexity index is 619. The number of piperidine rings is 1. The van der Waals surface area contributed by atoms with Crippen molar-refractivity contribution < 1.29 is 0 Å². The number of aryl methyl sites for hydroxylation is 1. The van der Waals surface area contributed by atoms with Crippen LogP contribution in [-0.2, 0) is 0 Å². The van der Waals surface area contributed by atoms with Gasteiger partial charge >= 0.3 is 0 Å². The minimum Gasteiger partial charge on any atom is -0.365 e. The molecular weight excluding hydrogens is 330 g/mol. The molecule has 0 saturated carbocycles. The SMILES string of the molecule is Cc1cc(NC2CCCN(c3ncccc3Br)C2)ncn1. The van der Waals surface area contributed by atoms with Crippen LogP contribution in [0.3, 0.4) is 0 Å². The average molecular weight is 348 g/mol. The zero-order chi connectivity index (χ0) is 14.7. The number of anilines is 2. The molecule has 1 fully saturated rings. The van der Waals surface area contributed by atoms with Crippen molar-refractivity contribution in [3.05, 3.63) is 40.9 Å². The number of halogens is 1. The van der Waals surface area contributed by atoms with E-state index in [4.69, 9.17) is 0 Å². The first-order valence-corrected chi connectivity index (χ1v) is 7.92. The van der Waals surface area contributed by atoms with Crippen LogP contribution in [0.5, 0.6) is 0 Å². The topological polar surface area (TPSA) is 53.9 Å². The van der Waals surface area contributed by atoms with Crippen LogP contribution < -0.4 is 10.2 Å². The Labute approximate surface area is 133 Å². The minimum atomic E-state index is 0.377. The Morgan fingerprint density at radius 1 is 1.33 bits per heavy atom. The van der Waals surface area contributed by atoms with Gasteiger partial charge in [-0.25, -0.2) is 15.0 Å². The Morgan fingerprint density at radius 2 is 2.24 bits per heavy atom. The number of pyridine rings is 1. The lowest BCUT2D eigenvalue weighted by molar-refractivity contribution is 0.525. The highest BCUT2D eigenvalue weighted by molar-refractivity contribution is 9.10. The predicted octanol–water partition coefficient (Wildman–Crippen LogP) is 3.02. The fourth-order valence-electron chi connectivity index (χ4n) is 2.64. The molecule has 1 saturated heterocycles. The highest BCUT2D eigenvalue weighted by Crippen LogP contribution is 2.26. The lowest BCUT2D eigenvalue weighted by Gasteiger charge is -2.34. The van der Waals surface area contributed by atoms with E-state index >= 15 is 0 Å². The van der Waals surface area contributed by atoms with Crippen molar-refractivity contribution in [3.63, 3.8) is 0 Å². The fourth-order valence-corrected chi connectivity index (χ4v) is 3.15. The molecule has 0 aliphatic carbocycles. The molecule has 0 aromatic carbocycles. The van der Waals surface area contributed by atoms with Crippen molar-refractivity contribution in [1.82, 2.24) is 15.0 Å². The van der Waals surface area contributed by atoms with Gasteiger partial charge in [-0.3, -0.25) is 0 Å². The molecule has 110 valence electrons. The van der Waals surface area contributed by atoms with Gasteiger partial charge in [0.15, 0.2) is 0 Å². The van der Waals surface area contributed by atoms with Gasteiger partial charge in [-0.15, -0.1) is 0 Å². The zero-order valence-corrected chi connectivity index (χ0v) is 13.5. The van der Waals surface area contributed by atoms with Gasteiger partial charge in [0.2, 0.25) is 0 Å². The van der Waals surface area contributed by atoms with Gasteiger partial charge in [0.25, 0.3) is 0 Å². The molecule has 0 radical (unpaired) electrons. The van der Waals surface area contributed by atoms with Crippen LogP contribution in [0.2, 0.25) is 0 Å². The normalized spacial score (nSPS) is 18.6. The summed E-state index contributed by atoms with van der Waals surface area (Å²) >= 11 is 3.58. The van der Waals surface area contributed by atoms with Crippen molar-refractivity contribution in [3.8, 4) is 0 Å². The van der Waals surface area contributed by atoms with Crippen LogP contribution in [0.15, 0.2) is 35.2 Å². The average Bonchev–Trinajstić information content (AvgIpc) is 2.48. The zero-order valence-electron chi connectivity index (χ0n) is 12.0. The Morgan fingerprint density at radius 3 is 3.05 bits per heavy atom. The van der Waals surface area contributed by atoms with Gasteiger partial charge in [0.05, 0.1) is 4.47 Å². The van der Waals surface area contributed by atoms with Gasteiger partial charge in [0.1, 0.15) is 18.0 Å². The van der Waals surface area contributed by atoms with Crippen molar-refractivity contribution in [1.29, 1.82) is 0 Å². The molecule has 0 amide bonds. The number of nitrogens with one attached hydrogen (secondary N) is 1. The summed E-state index contributed by atoms with van der Waals surface area (Å²) < 4.78 is 1.04. The molecule has 0 bridgehead atoms. The molecule has 21 heavy (non-hydrogen) atoms. The Kier molecular flexibility index (Phi) is 4.34. The van der Waals surface area contributed by atoms with Gasteiger partial charge in [0, 0.05) is 37.1 Å². The third kappa shape index (κ3) is 3.50. The number of nitrogens with zero attached hydrogens (tertiary/aromatic N) is 4. The smallest absolute Gasteiger partial charge is 0.142 e. The molecule has 6 heteroatoms. The monoisotopic (exact) mass is 347 g/mol. The Balaban J connectivity index is 1.70. The molecule has 1 N–H and O–H groups in total. The fraction of sp³-hybridized carbons (Fsp3) is 0.400. The molecule has 1 atom stereocenters. The second-order valence-corrected chi connectivity index (χ2v) is 6.14. The van der Waals surface area contributed by atoms with Gasteiger partial charge in [-0.2, -0.15) is 0 Å². The maximum atomic E-state index is 4.48. The Hall–Kier alpha value is -1.69. The van der Waals surface area contributed by atoms with Crippen molar-refractivity contribution in [2.75, 3.05) is 23.3 Å². The molecule has 3 rings (SSSR count). The largest absolute Gasteiger partial charge is 0.365 e. The maximum absolute atomic E-state index is 4.48. The molecule has 1 unspecified atom stereocenters. The van der Waals surface area contributed by atoms with E-state index in [1.54, 1.807) is 6.33 Å². The quantitative estimate of drug-likeness (QED) is 0.924. The summed E-state index contributed by atoms with van der Waals surface area (Å²) in [6.45, 7) is 3.94. The summed E-state index contributed by atoms with van der Waals surface area (Å²) in [5.41, 5.74) is 0.979. The second-order valence-electron chi connectivity index (χ2n) is 5.28. The van der Waals surface area contributed by atoms with Crippen molar-refractivity contribution in [2.24, 2.45) is 0 Å². The predicted molar refractivity (Wildman–Crippen MR) is 87.6 cm³/mol. The minimum absolute atomic E-state index is 0.377. The number of hydrogen-bond acceptors (Lipinski definition) is 5. The van der Waals surface area contributed by atoms with Crippen LogP contribution in [0.1, 0.15) is 18.5 Å². The summed E-state index contributed by atoms with van der Waals surface area (Å²) in [6.07, 6.45) is 5.73. The van der Waals surface area contributed by atoms with Crippen LogP contribution in [0.4, 0.5) is 11.6 Å². The molecule has 0 spiro atoms. The molecule has 1 aliphatic heterocycles. The first-order chi connectivity index (χ1) is 10.2. The van der Waals surface area contributed by atoms with Crippen molar-refractivity contribution >= 4 is 27.6 Å². The second kappa shape index (κ2) is 6.39. The van der Waals surface area contributed by atoms with E-state index in [0.29, 0.717) is 6.04 Å². The lowest BCUT2D eigenvalue weighted by Crippen LogP contribution is -2.42. The number of aromatic nitrogens is 3. The summed E-state index contributed by atoms with van der Waals surface area (Å²) in [4.78, 5) is 15.2. The van der Waals surface area contributed by atoms with Crippen LogP contribution >= 0.6 is 15.9 Å². The van der Waals surface area contributed by atoms with E-state index in [2.05, 4.69) is 41.1 Å². The molecule has 2 aromatic rings. The van der Waals surface area contributed by atoms with E-state index in [9.17, 15) is 0 Å². The molecule has 3 heterocycles. The molecule has 5 nitrogen and oxygen atoms in total. The standard InChI is InChI=1S/C15H18BrN5/c1-11-8-14(19-10-18-11)20-12-4-3-7-21(9-12)15-13(16)5-2-6-17-15/h2,5-6,8,10,12H,3-4,7,9H2,1H3,(H,18,19,20). The highest BCUT2D eigenvalue weighted by atomic mass is 79.9. The summed E-state index contributed by atoms with van der Waals surface area (Å²) in [6, 6.07) is 6.33. The summed E-state index contributed by atoms with van der Waals surface area (Å²) in [7, 11) is 0. The van der Waals surface area contributed by atoms with E-state index < -0.39 is 0 Å². The summed E-state index contributed by atoms with van der Waals surface area (Å²) in [5.74, 6) is 1.91. The first kappa shape index (κ1) is 14.3. The van der Waals surface area contributed by atoms with E-state index in [1.807, 2.05) is 31.3 Å². The van der Waals surface area contributed by atoms with Gasteiger partial charge < -0.3 is 10.2 Å². The highest BCUT2D eigenvalue weighted by Gasteiger charge is 2.22. The van der Waals surface area contributed by atoms with Crippen LogP contribution in [-0.4, -0.2) is 34.1 Å². The first-order valence-electron chi connectivity index (χ1n) is 7.13. The molecular formula is C15H18BrN5. The van der Waals surface area contributed by atoms with Crippen molar-refractivity contribution in [2.45, 2.75) is 25.8 Å². The lowest BCUT2D eigenvalue weighted by atomic mass is 10.1. The number of rotatable bonds is 3. The molecule has 1 aliphatic rings. The van der Waals surface area contributed by atoms with Crippen LogP contribution in [0.25, 0.3) is 0 Å². The number of hydrogen-bond donors (Lipinski definition) is 1.